The predicted octanol–water partition coefficient (Wildman–Crippen LogP) is 4.78. The maximum absolute atomic E-state index is 6.10. The van der Waals surface area contributed by atoms with Gasteiger partial charge >= 0.3 is 0 Å². The molecule has 0 bridgehead atoms. The Labute approximate surface area is 132 Å². The van der Waals surface area contributed by atoms with Crippen molar-refractivity contribution >= 4 is 28.8 Å². The average Bonchev–Trinajstić information content (AvgIpc) is 2.91. The molecule has 0 amide bonds. The summed E-state index contributed by atoms with van der Waals surface area (Å²) in [5.41, 5.74) is 3.52. The molecule has 0 spiro atoms. The van der Waals surface area contributed by atoms with Gasteiger partial charge in [0.25, 0.3) is 0 Å². The molecule has 0 radical (unpaired) electrons. The molecule has 0 aliphatic carbocycles. The molecule has 0 aliphatic rings. The van der Waals surface area contributed by atoms with Gasteiger partial charge in [-0.3, -0.25) is 0 Å². The van der Waals surface area contributed by atoms with Crippen molar-refractivity contribution in [2.75, 3.05) is 5.32 Å². The number of hydrogen-bond donors (Lipinski definition) is 1. The van der Waals surface area contributed by atoms with Gasteiger partial charge < -0.3 is 5.32 Å². The van der Waals surface area contributed by atoms with Crippen LogP contribution in [-0.4, -0.2) is 9.97 Å². The second-order valence-corrected chi connectivity index (χ2v) is 5.83. The van der Waals surface area contributed by atoms with Gasteiger partial charge in [-0.25, -0.2) is 9.97 Å². The number of anilines is 1. The molecule has 0 fully saturated rings. The number of aromatic nitrogens is 2. The van der Waals surface area contributed by atoms with Gasteiger partial charge in [0.2, 0.25) is 0 Å². The van der Waals surface area contributed by atoms with Crippen molar-refractivity contribution in [3.63, 3.8) is 0 Å². The fraction of sp³-hybridized carbons (Fsp3) is 0.125. The first-order chi connectivity index (χ1) is 10.2. The lowest BCUT2D eigenvalue weighted by molar-refractivity contribution is 1.08. The number of halogens is 1. The summed E-state index contributed by atoms with van der Waals surface area (Å²) in [7, 11) is 0. The van der Waals surface area contributed by atoms with Crippen LogP contribution in [0.2, 0.25) is 5.15 Å². The minimum absolute atomic E-state index is 0.438. The van der Waals surface area contributed by atoms with E-state index in [1.807, 2.05) is 30.3 Å². The highest BCUT2D eigenvalue weighted by Crippen LogP contribution is 2.21. The number of aryl methyl sites for hydroxylation is 1. The van der Waals surface area contributed by atoms with E-state index in [0.29, 0.717) is 11.0 Å². The Morgan fingerprint density at radius 2 is 1.95 bits per heavy atom. The van der Waals surface area contributed by atoms with E-state index >= 15 is 0 Å². The summed E-state index contributed by atoms with van der Waals surface area (Å²) in [5.74, 6) is 1.37. The molecule has 0 unspecified atom stereocenters. The predicted molar refractivity (Wildman–Crippen MR) is 88.9 cm³/mol. The van der Waals surface area contributed by atoms with Crippen molar-refractivity contribution in [2.24, 2.45) is 0 Å². The van der Waals surface area contributed by atoms with Gasteiger partial charge in [0.15, 0.2) is 5.82 Å². The second kappa shape index (κ2) is 6.24. The third-order valence-corrected chi connectivity index (χ3v) is 4.25. The normalized spacial score (nSPS) is 10.6. The Kier molecular flexibility index (Phi) is 4.18. The van der Waals surface area contributed by atoms with E-state index in [9.17, 15) is 0 Å². The van der Waals surface area contributed by atoms with Gasteiger partial charge in [0.1, 0.15) is 11.0 Å². The van der Waals surface area contributed by atoms with E-state index in [1.165, 1.54) is 11.1 Å². The fourth-order valence-electron chi connectivity index (χ4n) is 1.98. The first-order valence-electron chi connectivity index (χ1n) is 6.58. The van der Waals surface area contributed by atoms with Gasteiger partial charge in [-0.05, 0) is 28.8 Å². The van der Waals surface area contributed by atoms with Crippen LogP contribution < -0.4 is 5.32 Å². The van der Waals surface area contributed by atoms with Crippen molar-refractivity contribution in [1.82, 2.24) is 9.97 Å². The molecular weight excluding hydrogens is 302 g/mol. The summed E-state index contributed by atoms with van der Waals surface area (Å²) in [4.78, 5) is 8.81. The van der Waals surface area contributed by atoms with Crippen molar-refractivity contribution in [1.29, 1.82) is 0 Å². The lowest BCUT2D eigenvalue weighted by Gasteiger charge is -2.08. The molecule has 5 heteroatoms. The van der Waals surface area contributed by atoms with E-state index in [0.717, 1.165) is 17.9 Å². The SMILES string of the molecule is Cc1cscc1CNc1cc(Cl)nc(-c2ccccc2)n1. The molecular formula is C16H14ClN3S. The van der Waals surface area contributed by atoms with Gasteiger partial charge in [-0.1, -0.05) is 41.9 Å². The number of thiophene rings is 1. The van der Waals surface area contributed by atoms with Crippen LogP contribution in [0.3, 0.4) is 0 Å². The Balaban J connectivity index is 1.83. The van der Waals surface area contributed by atoms with Crippen LogP contribution in [-0.2, 0) is 6.54 Å². The van der Waals surface area contributed by atoms with E-state index in [1.54, 1.807) is 17.4 Å². The Hall–Kier alpha value is -1.91. The minimum Gasteiger partial charge on any atom is -0.366 e. The Bertz CT molecular complexity index is 740. The molecule has 1 aromatic carbocycles. The van der Waals surface area contributed by atoms with Crippen LogP contribution in [0.25, 0.3) is 11.4 Å². The lowest BCUT2D eigenvalue weighted by Crippen LogP contribution is -2.03. The summed E-state index contributed by atoms with van der Waals surface area (Å²) < 4.78 is 0. The van der Waals surface area contributed by atoms with Gasteiger partial charge in [0, 0.05) is 18.2 Å². The van der Waals surface area contributed by atoms with E-state index in [4.69, 9.17) is 11.6 Å². The topological polar surface area (TPSA) is 37.8 Å². The zero-order chi connectivity index (χ0) is 14.7. The number of nitrogens with zero attached hydrogens (tertiary/aromatic N) is 2. The highest BCUT2D eigenvalue weighted by atomic mass is 35.5. The van der Waals surface area contributed by atoms with Gasteiger partial charge in [0.05, 0.1) is 0 Å². The third kappa shape index (κ3) is 3.40. The van der Waals surface area contributed by atoms with Crippen LogP contribution in [0.1, 0.15) is 11.1 Å². The van der Waals surface area contributed by atoms with Gasteiger partial charge in [-0.15, -0.1) is 0 Å². The molecule has 0 saturated heterocycles. The van der Waals surface area contributed by atoms with Crippen molar-refractivity contribution in [3.8, 4) is 11.4 Å². The summed E-state index contributed by atoms with van der Waals surface area (Å²) >= 11 is 7.81. The summed E-state index contributed by atoms with van der Waals surface area (Å²) in [5, 5.41) is 8.03. The Morgan fingerprint density at radius 3 is 2.67 bits per heavy atom. The molecule has 21 heavy (non-hydrogen) atoms. The zero-order valence-corrected chi connectivity index (χ0v) is 13.1. The molecule has 2 aromatic heterocycles. The average molecular weight is 316 g/mol. The van der Waals surface area contributed by atoms with Crippen LogP contribution in [0.4, 0.5) is 5.82 Å². The largest absolute Gasteiger partial charge is 0.366 e. The molecule has 0 aliphatic heterocycles. The molecule has 0 saturated carbocycles. The number of nitrogens with one attached hydrogen (secondary N) is 1. The highest BCUT2D eigenvalue weighted by Gasteiger charge is 2.06. The molecule has 3 rings (SSSR count). The molecule has 0 atom stereocenters. The first-order valence-corrected chi connectivity index (χ1v) is 7.90. The van der Waals surface area contributed by atoms with E-state index in [-0.39, 0.29) is 0 Å². The lowest BCUT2D eigenvalue weighted by atomic mass is 10.2. The number of hydrogen-bond acceptors (Lipinski definition) is 4. The first kappa shape index (κ1) is 14.0. The summed E-state index contributed by atoms with van der Waals surface area (Å²) in [6.07, 6.45) is 0. The van der Waals surface area contributed by atoms with Crippen LogP contribution in [0.5, 0.6) is 0 Å². The monoisotopic (exact) mass is 315 g/mol. The minimum atomic E-state index is 0.438. The maximum Gasteiger partial charge on any atom is 0.163 e. The zero-order valence-electron chi connectivity index (χ0n) is 11.5. The smallest absolute Gasteiger partial charge is 0.163 e. The second-order valence-electron chi connectivity index (χ2n) is 4.70. The van der Waals surface area contributed by atoms with Gasteiger partial charge in [-0.2, -0.15) is 11.3 Å². The molecule has 3 aromatic rings. The third-order valence-electron chi connectivity index (χ3n) is 3.15. The van der Waals surface area contributed by atoms with E-state index < -0.39 is 0 Å². The number of benzene rings is 1. The Morgan fingerprint density at radius 1 is 1.14 bits per heavy atom. The molecule has 1 N–H and O–H groups in total. The summed E-state index contributed by atoms with van der Waals surface area (Å²) in [6, 6.07) is 11.6. The molecule has 106 valence electrons. The molecule has 2 heterocycles. The standard InChI is InChI=1S/C16H14ClN3S/c1-11-9-21-10-13(11)8-18-15-7-14(17)19-16(20-15)12-5-3-2-4-6-12/h2-7,9-10H,8H2,1H3,(H,18,19,20). The van der Waals surface area contributed by atoms with Crippen molar-refractivity contribution < 1.29 is 0 Å². The van der Waals surface area contributed by atoms with Crippen molar-refractivity contribution in [3.05, 3.63) is 63.4 Å². The van der Waals surface area contributed by atoms with Crippen molar-refractivity contribution in [2.45, 2.75) is 13.5 Å². The number of rotatable bonds is 4. The summed E-state index contributed by atoms with van der Waals surface area (Å²) in [6.45, 7) is 2.84. The van der Waals surface area contributed by atoms with Crippen LogP contribution >= 0.6 is 22.9 Å². The highest BCUT2D eigenvalue weighted by molar-refractivity contribution is 7.08. The fourth-order valence-corrected chi connectivity index (χ4v) is 3.02. The van der Waals surface area contributed by atoms with Crippen LogP contribution in [0.15, 0.2) is 47.2 Å². The maximum atomic E-state index is 6.10. The van der Waals surface area contributed by atoms with E-state index in [2.05, 4.69) is 33.0 Å². The molecule has 3 nitrogen and oxygen atoms in total. The van der Waals surface area contributed by atoms with Crippen LogP contribution in [0, 0.1) is 6.92 Å². The quantitative estimate of drug-likeness (QED) is 0.704.